The van der Waals surface area contributed by atoms with Crippen LogP contribution in [-0.2, 0) is 4.79 Å². The molecule has 0 radical (unpaired) electrons. The molecule has 18 heavy (non-hydrogen) atoms. The quantitative estimate of drug-likeness (QED) is 0.710. The molecule has 3 heteroatoms. The highest BCUT2D eigenvalue weighted by molar-refractivity contribution is 5.76. The van der Waals surface area contributed by atoms with Crippen LogP contribution in [0, 0.1) is 5.41 Å². The minimum absolute atomic E-state index is 0.106. The van der Waals surface area contributed by atoms with Crippen molar-refractivity contribution >= 4 is 5.91 Å². The van der Waals surface area contributed by atoms with E-state index >= 15 is 0 Å². The maximum absolute atomic E-state index is 12.2. The van der Waals surface area contributed by atoms with E-state index in [1.807, 2.05) is 11.9 Å². The van der Waals surface area contributed by atoms with E-state index in [0.29, 0.717) is 18.9 Å². The largest absolute Gasteiger partial charge is 0.346 e. The molecule has 2 N–H and O–H groups in total. The molecule has 0 bridgehead atoms. The molecule has 1 amide bonds. The van der Waals surface area contributed by atoms with Crippen molar-refractivity contribution in [2.45, 2.75) is 64.7 Å². The predicted molar refractivity (Wildman–Crippen MR) is 76.4 cm³/mol. The van der Waals surface area contributed by atoms with Gasteiger partial charge in [-0.2, -0.15) is 0 Å². The van der Waals surface area contributed by atoms with Crippen LogP contribution in [0.3, 0.4) is 0 Å². The van der Waals surface area contributed by atoms with Gasteiger partial charge in [-0.05, 0) is 31.2 Å². The van der Waals surface area contributed by atoms with Gasteiger partial charge in [-0.3, -0.25) is 4.79 Å². The van der Waals surface area contributed by atoms with Crippen molar-refractivity contribution in [1.29, 1.82) is 0 Å². The number of carbonyl (C=O) groups excluding carboxylic acids is 1. The summed E-state index contributed by atoms with van der Waals surface area (Å²) < 4.78 is 0. The lowest BCUT2D eigenvalue weighted by Gasteiger charge is -2.36. The van der Waals surface area contributed by atoms with Gasteiger partial charge in [-0.15, -0.1) is 0 Å². The van der Waals surface area contributed by atoms with Gasteiger partial charge >= 0.3 is 0 Å². The summed E-state index contributed by atoms with van der Waals surface area (Å²) in [4.78, 5) is 14.1. The molecular formula is C15H30N2O. The lowest BCUT2D eigenvalue weighted by atomic mass is 9.71. The molecule has 0 heterocycles. The number of hydrogen-bond acceptors (Lipinski definition) is 2. The van der Waals surface area contributed by atoms with Crippen molar-refractivity contribution in [2.75, 3.05) is 20.1 Å². The number of nitrogens with zero attached hydrogens (tertiary/aromatic N) is 1. The highest BCUT2D eigenvalue weighted by Crippen LogP contribution is 2.38. The van der Waals surface area contributed by atoms with Gasteiger partial charge in [-0.25, -0.2) is 0 Å². The standard InChI is InChI=1S/C15H30N2O/c1-3-4-8-11-17(2)14(18)12-15(13-16)9-6-5-7-10-15/h3-13,16H2,1-2H3. The van der Waals surface area contributed by atoms with Gasteiger partial charge in [-0.1, -0.05) is 39.0 Å². The van der Waals surface area contributed by atoms with Gasteiger partial charge in [0.05, 0.1) is 0 Å². The minimum atomic E-state index is 0.106. The Labute approximate surface area is 112 Å². The summed E-state index contributed by atoms with van der Waals surface area (Å²) >= 11 is 0. The van der Waals surface area contributed by atoms with Crippen LogP contribution in [0.2, 0.25) is 0 Å². The number of rotatable bonds is 7. The molecule has 0 unspecified atom stereocenters. The Balaban J connectivity index is 2.40. The van der Waals surface area contributed by atoms with Crippen molar-refractivity contribution in [3.05, 3.63) is 0 Å². The Bertz CT molecular complexity index is 247. The van der Waals surface area contributed by atoms with Crippen molar-refractivity contribution in [2.24, 2.45) is 11.1 Å². The number of carbonyl (C=O) groups is 1. The first-order valence-corrected chi connectivity index (χ1v) is 7.57. The Morgan fingerprint density at radius 3 is 2.44 bits per heavy atom. The molecule has 1 aliphatic rings. The zero-order valence-corrected chi connectivity index (χ0v) is 12.2. The summed E-state index contributed by atoms with van der Waals surface area (Å²) in [6.07, 6.45) is 10.3. The Kier molecular flexibility index (Phi) is 6.69. The summed E-state index contributed by atoms with van der Waals surface area (Å²) in [5, 5.41) is 0. The van der Waals surface area contributed by atoms with Crippen LogP contribution in [0.25, 0.3) is 0 Å². The topological polar surface area (TPSA) is 46.3 Å². The lowest BCUT2D eigenvalue weighted by Crippen LogP contribution is -2.39. The summed E-state index contributed by atoms with van der Waals surface area (Å²) in [6, 6.07) is 0. The molecule has 0 aromatic heterocycles. The zero-order valence-electron chi connectivity index (χ0n) is 12.2. The van der Waals surface area contributed by atoms with Crippen molar-refractivity contribution in [3.63, 3.8) is 0 Å². The summed E-state index contributed by atoms with van der Waals surface area (Å²) in [5.74, 6) is 0.290. The van der Waals surface area contributed by atoms with Gasteiger partial charge in [0, 0.05) is 20.0 Å². The molecule has 1 aliphatic carbocycles. The molecule has 106 valence electrons. The average molecular weight is 254 g/mol. The summed E-state index contributed by atoms with van der Waals surface area (Å²) in [5.41, 5.74) is 6.04. The maximum atomic E-state index is 12.2. The first-order chi connectivity index (χ1) is 8.63. The van der Waals surface area contributed by atoms with E-state index in [0.717, 1.165) is 25.8 Å². The fourth-order valence-corrected chi connectivity index (χ4v) is 2.93. The Morgan fingerprint density at radius 1 is 1.22 bits per heavy atom. The van der Waals surface area contributed by atoms with E-state index in [2.05, 4.69) is 6.92 Å². The Hall–Kier alpha value is -0.570. The third-order valence-electron chi connectivity index (χ3n) is 4.40. The Morgan fingerprint density at radius 2 is 1.89 bits per heavy atom. The molecule has 1 rings (SSSR count). The van der Waals surface area contributed by atoms with Crippen LogP contribution in [0.1, 0.15) is 64.7 Å². The van der Waals surface area contributed by atoms with Crippen molar-refractivity contribution in [3.8, 4) is 0 Å². The van der Waals surface area contributed by atoms with Crippen LogP contribution in [0.15, 0.2) is 0 Å². The monoisotopic (exact) mass is 254 g/mol. The third kappa shape index (κ3) is 4.60. The molecular weight excluding hydrogens is 224 g/mol. The predicted octanol–water partition coefficient (Wildman–Crippen LogP) is 2.93. The molecule has 3 nitrogen and oxygen atoms in total. The van der Waals surface area contributed by atoms with Crippen LogP contribution >= 0.6 is 0 Å². The minimum Gasteiger partial charge on any atom is -0.346 e. The molecule has 1 saturated carbocycles. The lowest BCUT2D eigenvalue weighted by molar-refractivity contribution is -0.133. The molecule has 0 saturated heterocycles. The molecule has 0 aromatic carbocycles. The molecule has 0 aromatic rings. The van der Waals surface area contributed by atoms with Gasteiger partial charge in [0.2, 0.25) is 5.91 Å². The maximum Gasteiger partial charge on any atom is 0.222 e. The van der Waals surface area contributed by atoms with E-state index in [1.54, 1.807) is 0 Å². The van der Waals surface area contributed by atoms with Crippen LogP contribution in [0.5, 0.6) is 0 Å². The second-order valence-corrected chi connectivity index (χ2v) is 5.96. The first kappa shape index (κ1) is 15.5. The van der Waals surface area contributed by atoms with E-state index in [1.165, 1.54) is 32.1 Å². The van der Waals surface area contributed by atoms with E-state index < -0.39 is 0 Å². The second kappa shape index (κ2) is 7.78. The molecule has 0 aliphatic heterocycles. The summed E-state index contributed by atoms with van der Waals surface area (Å²) in [6.45, 7) is 3.75. The molecule has 0 spiro atoms. The van der Waals surface area contributed by atoms with E-state index in [-0.39, 0.29) is 5.41 Å². The number of nitrogens with two attached hydrogens (primary N) is 1. The molecule has 1 fully saturated rings. The van der Waals surface area contributed by atoms with Crippen LogP contribution in [-0.4, -0.2) is 30.9 Å². The number of hydrogen-bond donors (Lipinski definition) is 1. The fraction of sp³-hybridized carbons (Fsp3) is 0.933. The number of unbranched alkanes of at least 4 members (excludes halogenated alkanes) is 2. The second-order valence-electron chi connectivity index (χ2n) is 5.96. The SMILES string of the molecule is CCCCCN(C)C(=O)CC1(CN)CCCCC1. The normalized spacial score (nSPS) is 18.6. The molecule has 0 atom stereocenters. The fourth-order valence-electron chi connectivity index (χ4n) is 2.93. The zero-order chi connectivity index (χ0) is 13.4. The number of amides is 1. The van der Waals surface area contributed by atoms with Gasteiger partial charge < -0.3 is 10.6 Å². The first-order valence-electron chi connectivity index (χ1n) is 7.57. The van der Waals surface area contributed by atoms with Crippen LogP contribution < -0.4 is 5.73 Å². The van der Waals surface area contributed by atoms with E-state index in [9.17, 15) is 4.79 Å². The van der Waals surface area contributed by atoms with Gasteiger partial charge in [0.15, 0.2) is 0 Å². The average Bonchev–Trinajstić information content (AvgIpc) is 2.40. The van der Waals surface area contributed by atoms with Gasteiger partial charge in [0.1, 0.15) is 0 Å². The van der Waals surface area contributed by atoms with E-state index in [4.69, 9.17) is 5.73 Å². The smallest absolute Gasteiger partial charge is 0.222 e. The highest BCUT2D eigenvalue weighted by atomic mass is 16.2. The highest BCUT2D eigenvalue weighted by Gasteiger charge is 2.33. The van der Waals surface area contributed by atoms with Crippen LogP contribution in [0.4, 0.5) is 0 Å². The van der Waals surface area contributed by atoms with Crippen molar-refractivity contribution < 1.29 is 4.79 Å². The summed E-state index contributed by atoms with van der Waals surface area (Å²) in [7, 11) is 1.94. The third-order valence-corrected chi connectivity index (χ3v) is 4.40. The van der Waals surface area contributed by atoms with Gasteiger partial charge in [0.25, 0.3) is 0 Å². The van der Waals surface area contributed by atoms with Crippen molar-refractivity contribution in [1.82, 2.24) is 4.90 Å².